The van der Waals surface area contributed by atoms with Crippen LogP contribution < -0.4 is 10.6 Å². The van der Waals surface area contributed by atoms with Gasteiger partial charge in [0.15, 0.2) is 5.69 Å². The van der Waals surface area contributed by atoms with Gasteiger partial charge >= 0.3 is 5.97 Å². The lowest BCUT2D eigenvalue weighted by Crippen LogP contribution is -2.35. The van der Waals surface area contributed by atoms with E-state index < -0.39 is 5.97 Å². The third-order valence-electron chi connectivity index (χ3n) is 2.19. The summed E-state index contributed by atoms with van der Waals surface area (Å²) >= 11 is 0. The van der Waals surface area contributed by atoms with Crippen LogP contribution in [0.5, 0.6) is 0 Å². The highest BCUT2D eigenvalue weighted by molar-refractivity contribution is 5.85. The first-order chi connectivity index (χ1) is 9.38. The number of hydrogen-bond donors (Lipinski definition) is 3. The van der Waals surface area contributed by atoms with E-state index in [4.69, 9.17) is 5.11 Å². The van der Waals surface area contributed by atoms with E-state index in [-0.39, 0.29) is 43.1 Å². The van der Waals surface area contributed by atoms with E-state index in [0.29, 0.717) is 0 Å². The van der Waals surface area contributed by atoms with Gasteiger partial charge in [0.25, 0.3) is 0 Å². The van der Waals surface area contributed by atoms with E-state index >= 15 is 0 Å². The van der Waals surface area contributed by atoms with Gasteiger partial charge in [-0.1, -0.05) is 5.21 Å². The third-order valence-corrected chi connectivity index (χ3v) is 2.19. The number of carboxylic acids is 1. The largest absolute Gasteiger partial charge is 0.476 e. The summed E-state index contributed by atoms with van der Waals surface area (Å²) in [6.07, 6.45) is 1.34. The normalized spacial score (nSPS) is 10.3. The summed E-state index contributed by atoms with van der Waals surface area (Å²) in [5, 5.41) is 20.8. The summed E-state index contributed by atoms with van der Waals surface area (Å²) in [7, 11) is 0. The average molecular weight is 283 g/mol. The molecular formula is C11H17N5O4. The van der Waals surface area contributed by atoms with Crippen LogP contribution in [0.3, 0.4) is 0 Å². The van der Waals surface area contributed by atoms with Crippen molar-refractivity contribution in [3.8, 4) is 0 Å². The van der Waals surface area contributed by atoms with Gasteiger partial charge < -0.3 is 15.7 Å². The summed E-state index contributed by atoms with van der Waals surface area (Å²) in [5.74, 6) is -1.72. The predicted octanol–water partition coefficient (Wildman–Crippen LogP) is -0.993. The van der Waals surface area contributed by atoms with Crippen LogP contribution in [-0.4, -0.2) is 50.5 Å². The lowest BCUT2D eigenvalue weighted by atomic mass is 10.3. The zero-order chi connectivity index (χ0) is 15.1. The highest BCUT2D eigenvalue weighted by Gasteiger charge is 2.11. The SMILES string of the molecule is CC(C)NC(=O)CCNC(=O)Cn1cc(C(=O)O)nn1. The van der Waals surface area contributed by atoms with Crippen molar-refractivity contribution in [2.75, 3.05) is 6.54 Å². The van der Waals surface area contributed by atoms with Gasteiger partial charge in [0.1, 0.15) is 6.54 Å². The van der Waals surface area contributed by atoms with Crippen molar-refractivity contribution in [3.63, 3.8) is 0 Å². The molecule has 2 amide bonds. The van der Waals surface area contributed by atoms with Crippen LogP contribution in [0.1, 0.15) is 30.8 Å². The number of aromatic carboxylic acids is 1. The standard InChI is InChI=1S/C11H17N5O4/c1-7(2)13-9(17)3-4-12-10(18)6-16-5-8(11(19)20)14-15-16/h5,7H,3-4,6H2,1-2H3,(H,12,18)(H,13,17)(H,19,20). The molecule has 110 valence electrons. The maximum atomic E-state index is 11.5. The van der Waals surface area contributed by atoms with Crippen molar-refractivity contribution < 1.29 is 19.5 Å². The fourth-order valence-corrected chi connectivity index (χ4v) is 1.39. The molecule has 0 atom stereocenters. The second kappa shape index (κ2) is 7.22. The Kier molecular flexibility index (Phi) is 5.63. The van der Waals surface area contributed by atoms with Crippen LogP contribution in [0.25, 0.3) is 0 Å². The predicted molar refractivity (Wildman–Crippen MR) is 67.9 cm³/mol. The number of carbonyl (C=O) groups excluding carboxylic acids is 2. The van der Waals surface area contributed by atoms with Gasteiger partial charge in [-0.3, -0.25) is 9.59 Å². The van der Waals surface area contributed by atoms with Crippen LogP contribution in [0, 0.1) is 0 Å². The van der Waals surface area contributed by atoms with Crippen LogP contribution in [0.15, 0.2) is 6.20 Å². The number of nitrogens with zero attached hydrogens (tertiary/aromatic N) is 3. The van der Waals surface area contributed by atoms with Crippen LogP contribution in [0.4, 0.5) is 0 Å². The summed E-state index contributed by atoms with van der Waals surface area (Å²) in [4.78, 5) is 33.4. The Morgan fingerprint density at radius 2 is 2.05 bits per heavy atom. The fraction of sp³-hybridized carbons (Fsp3) is 0.545. The Bertz CT molecular complexity index is 497. The van der Waals surface area contributed by atoms with E-state index in [0.717, 1.165) is 10.9 Å². The van der Waals surface area contributed by atoms with E-state index in [9.17, 15) is 14.4 Å². The minimum absolute atomic E-state index is 0.0581. The monoisotopic (exact) mass is 283 g/mol. The molecule has 1 aromatic heterocycles. The molecule has 9 nitrogen and oxygen atoms in total. The summed E-state index contributed by atoms with van der Waals surface area (Å²) in [5.41, 5.74) is -0.228. The zero-order valence-corrected chi connectivity index (χ0v) is 11.3. The van der Waals surface area contributed by atoms with Gasteiger partial charge in [-0.05, 0) is 13.8 Å². The summed E-state index contributed by atoms with van der Waals surface area (Å²) in [6.45, 7) is 3.76. The van der Waals surface area contributed by atoms with Crippen molar-refractivity contribution in [1.29, 1.82) is 0 Å². The molecule has 0 saturated heterocycles. The van der Waals surface area contributed by atoms with Gasteiger partial charge in [0.2, 0.25) is 11.8 Å². The second-order valence-electron chi connectivity index (χ2n) is 4.43. The molecule has 0 fully saturated rings. The maximum Gasteiger partial charge on any atom is 0.358 e. The molecule has 0 bridgehead atoms. The Labute approximate surface area is 115 Å². The maximum absolute atomic E-state index is 11.5. The second-order valence-corrected chi connectivity index (χ2v) is 4.43. The Morgan fingerprint density at radius 3 is 2.60 bits per heavy atom. The lowest BCUT2D eigenvalue weighted by molar-refractivity contribution is -0.123. The van der Waals surface area contributed by atoms with Crippen molar-refractivity contribution in [1.82, 2.24) is 25.6 Å². The van der Waals surface area contributed by atoms with E-state index in [1.165, 1.54) is 0 Å². The van der Waals surface area contributed by atoms with E-state index in [1.807, 2.05) is 13.8 Å². The highest BCUT2D eigenvalue weighted by Crippen LogP contribution is 1.92. The van der Waals surface area contributed by atoms with E-state index in [2.05, 4.69) is 20.9 Å². The molecule has 1 heterocycles. The minimum atomic E-state index is -1.21. The van der Waals surface area contributed by atoms with Crippen molar-refractivity contribution in [3.05, 3.63) is 11.9 Å². The van der Waals surface area contributed by atoms with Gasteiger partial charge in [0.05, 0.1) is 6.20 Å². The third kappa shape index (κ3) is 5.46. The molecular weight excluding hydrogens is 266 g/mol. The Balaban J connectivity index is 2.29. The number of aromatic nitrogens is 3. The first-order valence-corrected chi connectivity index (χ1v) is 6.08. The first kappa shape index (κ1) is 15.6. The van der Waals surface area contributed by atoms with Crippen molar-refractivity contribution in [2.24, 2.45) is 0 Å². The first-order valence-electron chi connectivity index (χ1n) is 6.08. The Morgan fingerprint density at radius 1 is 1.35 bits per heavy atom. The van der Waals surface area contributed by atoms with Crippen LogP contribution in [0.2, 0.25) is 0 Å². The zero-order valence-electron chi connectivity index (χ0n) is 11.3. The number of nitrogens with one attached hydrogen (secondary N) is 2. The number of hydrogen-bond acceptors (Lipinski definition) is 5. The molecule has 0 aliphatic heterocycles. The number of carboxylic acid groups (broad SMARTS) is 1. The van der Waals surface area contributed by atoms with Crippen LogP contribution >= 0.6 is 0 Å². The number of carbonyl (C=O) groups is 3. The molecule has 0 saturated carbocycles. The Hall–Kier alpha value is -2.45. The highest BCUT2D eigenvalue weighted by atomic mass is 16.4. The van der Waals surface area contributed by atoms with Crippen molar-refractivity contribution >= 4 is 17.8 Å². The van der Waals surface area contributed by atoms with Crippen LogP contribution in [-0.2, 0) is 16.1 Å². The molecule has 20 heavy (non-hydrogen) atoms. The topological polar surface area (TPSA) is 126 Å². The minimum Gasteiger partial charge on any atom is -0.476 e. The molecule has 1 rings (SSSR count). The van der Waals surface area contributed by atoms with E-state index in [1.54, 1.807) is 0 Å². The molecule has 3 N–H and O–H groups in total. The summed E-state index contributed by atoms with van der Waals surface area (Å²) < 4.78 is 1.12. The molecule has 0 unspecified atom stereocenters. The average Bonchev–Trinajstić information content (AvgIpc) is 2.76. The van der Waals surface area contributed by atoms with Gasteiger partial charge in [-0.2, -0.15) is 0 Å². The number of amides is 2. The number of rotatable bonds is 7. The lowest BCUT2D eigenvalue weighted by Gasteiger charge is -2.08. The molecule has 1 aromatic rings. The molecule has 0 aromatic carbocycles. The molecule has 9 heteroatoms. The molecule has 0 aliphatic carbocycles. The smallest absolute Gasteiger partial charge is 0.358 e. The quantitative estimate of drug-likeness (QED) is 0.589. The van der Waals surface area contributed by atoms with Gasteiger partial charge in [-0.15, -0.1) is 5.10 Å². The van der Waals surface area contributed by atoms with Gasteiger partial charge in [-0.25, -0.2) is 9.48 Å². The van der Waals surface area contributed by atoms with Gasteiger partial charge in [0, 0.05) is 19.0 Å². The van der Waals surface area contributed by atoms with Crippen molar-refractivity contribution in [2.45, 2.75) is 32.9 Å². The molecule has 0 aliphatic rings. The molecule has 0 spiro atoms. The molecule has 0 radical (unpaired) electrons. The summed E-state index contributed by atoms with van der Waals surface area (Å²) in [6, 6.07) is 0.0581. The fourth-order valence-electron chi connectivity index (χ4n) is 1.39.